The van der Waals surface area contributed by atoms with Gasteiger partial charge in [-0.2, -0.15) is 9.61 Å². The summed E-state index contributed by atoms with van der Waals surface area (Å²) >= 11 is 10.0. The molecule has 0 fully saturated rings. The van der Waals surface area contributed by atoms with Crippen LogP contribution in [0.4, 0.5) is 5.82 Å². The van der Waals surface area contributed by atoms with Crippen LogP contribution in [-0.2, 0) is 13.0 Å². The van der Waals surface area contributed by atoms with Crippen LogP contribution in [0.2, 0.25) is 5.02 Å². The molecule has 2 aromatic heterocycles. The number of nitrogens with zero attached hydrogens (tertiary/aromatic N) is 4. The lowest BCUT2D eigenvalue weighted by molar-refractivity contribution is 0.325. The molecular formula is C30H27BrClN5. The van der Waals surface area contributed by atoms with Crippen LogP contribution in [0.5, 0.6) is 0 Å². The van der Waals surface area contributed by atoms with Crippen LogP contribution in [0, 0.1) is 0 Å². The summed E-state index contributed by atoms with van der Waals surface area (Å²) in [6, 6.07) is 25.5. The maximum atomic E-state index is 6.46. The zero-order valence-electron chi connectivity index (χ0n) is 20.6. The third-order valence-electron chi connectivity index (χ3n) is 6.91. The highest BCUT2D eigenvalue weighted by atomic mass is 79.9. The van der Waals surface area contributed by atoms with Crippen LogP contribution in [0.3, 0.4) is 0 Å². The second-order valence-electron chi connectivity index (χ2n) is 9.58. The Labute approximate surface area is 230 Å². The lowest BCUT2D eigenvalue weighted by Gasteiger charge is -2.18. The summed E-state index contributed by atoms with van der Waals surface area (Å²) in [5.74, 6) is 0.895. The zero-order chi connectivity index (χ0) is 25.4. The van der Waals surface area contributed by atoms with Crippen molar-refractivity contribution in [2.24, 2.45) is 0 Å². The standard InChI is InChI=1S/C30H27BrClN5/c1-36(19-20-11-12-24-22(15-20)16-21-7-2-3-8-23(21)24)14-6-13-33-29-17-28(25-9-4-5-10-27(25)32)35-30-26(31)18-34-37(29)30/h2-5,7-12,15,17-18,33H,6,13-14,16,19H2,1H3. The maximum absolute atomic E-state index is 6.46. The summed E-state index contributed by atoms with van der Waals surface area (Å²) in [5.41, 5.74) is 9.49. The van der Waals surface area contributed by atoms with E-state index in [9.17, 15) is 0 Å². The van der Waals surface area contributed by atoms with Gasteiger partial charge in [0.1, 0.15) is 5.82 Å². The quantitative estimate of drug-likeness (QED) is 0.194. The number of fused-ring (bicyclic) bond motifs is 4. The summed E-state index contributed by atoms with van der Waals surface area (Å²) in [6.07, 6.45) is 3.81. The SMILES string of the molecule is CN(CCCNc1cc(-c2ccccc2Cl)nc2c(Br)cnn12)Cc1ccc2c(c1)Cc1ccccc1-2. The molecule has 0 radical (unpaired) electrons. The van der Waals surface area contributed by atoms with Crippen molar-refractivity contribution in [3.8, 4) is 22.4 Å². The first-order valence-corrected chi connectivity index (χ1v) is 13.7. The van der Waals surface area contributed by atoms with E-state index in [0.717, 1.165) is 59.7 Å². The van der Waals surface area contributed by atoms with Gasteiger partial charge in [-0.15, -0.1) is 0 Å². The van der Waals surface area contributed by atoms with Crippen LogP contribution < -0.4 is 5.32 Å². The number of hydrogen-bond donors (Lipinski definition) is 1. The second kappa shape index (κ2) is 10.3. The van der Waals surface area contributed by atoms with Crippen LogP contribution in [0.1, 0.15) is 23.1 Å². The molecule has 3 aromatic carbocycles. The summed E-state index contributed by atoms with van der Waals surface area (Å²) in [7, 11) is 2.19. The third kappa shape index (κ3) is 4.89. The fraction of sp³-hybridized carbons (Fsp3) is 0.200. The minimum Gasteiger partial charge on any atom is -0.370 e. The van der Waals surface area contributed by atoms with Crippen LogP contribution in [-0.4, -0.2) is 39.6 Å². The Morgan fingerprint density at radius 2 is 1.76 bits per heavy atom. The van der Waals surface area contributed by atoms with Gasteiger partial charge in [0, 0.05) is 29.7 Å². The molecule has 0 bridgehead atoms. The Balaban J connectivity index is 1.09. The van der Waals surface area contributed by atoms with E-state index in [1.807, 2.05) is 34.8 Å². The number of hydrogen-bond acceptors (Lipinski definition) is 4. The van der Waals surface area contributed by atoms with Gasteiger partial charge >= 0.3 is 0 Å². The molecule has 37 heavy (non-hydrogen) atoms. The van der Waals surface area contributed by atoms with Crippen molar-refractivity contribution in [2.75, 3.05) is 25.5 Å². The molecule has 5 aromatic rings. The van der Waals surface area contributed by atoms with Crippen molar-refractivity contribution in [2.45, 2.75) is 19.4 Å². The molecule has 7 heteroatoms. The molecule has 0 atom stereocenters. The highest BCUT2D eigenvalue weighted by Crippen LogP contribution is 2.37. The Morgan fingerprint density at radius 3 is 2.62 bits per heavy atom. The number of anilines is 1. The Morgan fingerprint density at radius 1 is 0.973 bits per heavy atom. The van der Waals surface area contributed by atoms with E-state index < -0.39 is 0 Å². The summed E-state index contributed by atoms with van der Waals surface area (Å²) < 4.78 is 2.68. The van der Waals surface area contributed by atoms with E-state index >= 15 is 0 Å². The summed E-state index contributed by atoms with van der Waals surface area (Å²) in [5, 5.41) is 8.73. The molecule has 0 saturated heterocycles. The van der Waals surface area contributed by atoms with Gasteiger partial charge < -0.3 is 10.2 Å². The highest BCUT2D eigenvalue weighted by molar-refractivity contribution is 9.10. The van der Waals surface area contributed by atoms with Crippen molar-refractivity contribution >= 4 is 39.0 Å². The van der Waals surface area contributed by atoms with E-state index in [0.29, 0.717) is 5.02 Å². The summed E-state index contributed by atoms with van der Waals surface area (Å²) in [6.45, 7) is 2.74. The molecule has 1 N–H and O–H groups in total. The molecule has 6 rings (SSSR count). The largest absolute Gasteiger partial charge is 0.370 e. The number of rotatable bonds is 8. The first-order chi connectivity index (χ1) is 18.1. The van der Waals surface area contributed by atoms with Gasteiger partial charge in [-0.3, -0.25) is 0 Å². The van der Waals surface area contributed by atoms with Crippen molar-refractivity contribution in [3.63, 3.8) is 0 Å². The Hall–Kier alpha value is -3.19. The lowest BCUT2D eigenvalue weighted by Crippen LogP contribution is -2.21. The molecule has 2 heterocycles. The van der Waals surface area contributed by atoms with E-state index in [2.05, 4.69) is 80.8 Å². The number of halogens is 2. The van der Waals surface area contributed by atoms with Gasteiger partial charge in [0.15, 0.2) is 5.65 Å². The van der Waals surface area contributed by atoms with Crippen molar-refractivity contribution in [3.05, 3.63) is 105 Å². The molecule has 0 saturated carbocycles. The van der Waals surface area contributed by atoms with E-state index in [-0.39, 0.29) is 0 Å². The minimum atomic E-state index is 0.679. The second-order valence-corrected chi connectivity index (χ2v) is 10.8. The van der Waals surface area contributed by atoms with Gasteiger partial charge in [0.2, 0.25) is 0 Å². The van der Waals surface area contributed by atoms with Crippen LogP contribution >= 0.6 is 27.5 Å². The molecule has 5 nitrogen and oxygen atoms in total. The van der Waals surface area contributed by atoms with Gasteiger partial charge in [0.05, 0.1) is 16.4 Å². The van der Waals surface area contributed by atoms with Crippen molar-refractivity contribution < 1.29 is 0 Å². The zero-order valence-corrected chi connectivity index (χ0v) is 22.9. The topological polar surface area (TPSA) is 45.5 Å². The molecule has 186 valence electrons. The van der Waals surface area contributed by atoms with Crippen LogP contribution in [0.15, 0.2) is 83.5 Å². The molecule has 0 aliphatic heterocycles. The molecule has 0 amide bonds. The maximum Gasteiger partial charge on any atom is 0.172 e. The van der Waals surface area contributed by atoms with Gasteiger partial charge in [0.25, 0.3) is 0 Å². The number of aromatic nitrogens is 3. The Kier molecular flexibility index (Phi) is 6.72. The molecular weight excluding hydrogens is 546 g/mol. The average molecular weight is 573 g/mol. The van der Waals surface area contributed by atoms with Crippen LogP contribution in [0.25, 0.3) is 28.0 Å². The molecule has 1 aliphatic rings. The van der Waals surface area contributed by atoms with E-state index in [1.165, 1.54) is 27.8 Å². The predicted molar refractivity (Wildman–Crippen MR) is 155 cm³/mol. The number of nitrogens with one attached hydrogen (secondary N) is 1. The monoisotopic (exact) mass is 571 g/mol. The van der Waals surface area contributed by atoms with Gasteiger partial charge in [-0.25, -0.2) is 4.98 Å². The highest BCUT2D eigenvalue weighted by Gasteiger charge is 2.18. The minimum absolute atomic E-state index is 0.679. The van der Waals surface area contributed by atoms with Crippen molar-refractivity contribution in [1.82, 2.24) is 19.5 Å². The van der Waals surface area contributed by atoms with E-state index in [1.54, 1.807) is 6.20 Å². The Bertz CT molecular complexity index is 1590. The van der Waals surface area contributed by atoms with Gasteiger partial charge in [-0.05, 0) is 76.2 Å². The molecule has 1 aliphatic carbocycles. The molecule has 0 spiro atoms. The normalized spacial score (nSPS) is 12.2. The van der Waals surface area contributed by atoms with Gasteiger partial charge in [-0.1, -0.05) is 72.3 Å². The van der Waals surface area contributed by atoms with Crippen molar-refractivity contribution in [1.29, 1.82) is 0 Å². The molecule has 0 unspecified atom stereocenters. The fourth-order valence-electron chi connectivity index (χ4n) is 5.12. The first kappa shape index (κ1) is 24.2. The lowest BCUT2D eigenvalue weighted by atomic mass is 10.0. The number of benzene rings is 3. The summed E-state index contributed by atoms with van der Waals surface area (Å²) in [4.78, 5) is 7.17. The first-order valence-electron chi connectivity index (χ1n) is 12.5. The van der Waals surface area contributed by atoms with E-state index in [4.69, 9.17) is 16.6 Å². The fourth-order valence-corrected chi connectivity index (χ4v) is 5.70. The smallest absolute Gasteiger partial charge is 0.172 e. The average Bonchev–Trinajstić information content (AvgIpc) is 3.46. The third-order valence-corrected chi connectivity index (χ3v) is 7.80. The predicted octanol–water partition coefficient (Wildman–Crippen LogP) is 7.32.